The topological polar surface area (TPSA) is 51.1 Å². The zero-order chi connectivity index (χ0) is 17.9. The summed E-state index contributed by atoms with van der Waals surface area (Å²) >= 11 is 7.01. The lowest BCUT2D eigenvalue weighted by atomic mass is 10.2. The molecule has 2 rings (SSSR count). The molecule has 9 heteroatoms. The largest absolute Gasteiger partial charge is 0.417 e. The molecule has 0 saturated heterocycles. The number of anilines is 1. The number of aromatic nitrogens is 1. The van der Waals surface area contributed by atoms with Gasteiger partial charge in [0, 0.05) is 16.8 Å². The fourth-order valence-electron chi connectivity index (χ4n) is 1.93. The third-order valence-electron chi connectivity index (χ3n) is 3.04. The second-order valence-electron chi connectivity index (χ2n) is 4.79. The van der Waals surface area contributed by atoms with Gasteiger partial charge in [-0.05, 0) is 30.5 Å². The van der Waals surface area contributed by atoms with Crippen LogP contribution in [0.1, 0.15) is 5.56 Å². The van der Waals surface area contributed by atoms with E-state index < -0.39 is 34.8 Å². The summed E-state index contributed by atoms with van der Waals surface area (Å²) in [7, 11) is 0. The van der Waals surface area contributed by atoms with Gasteiger partial charge in [0.05, 0.1) is 5.56 Å². The second kappa shape index (κ2) is 7.31. The molecule has 0 aliphatic rings. The molecule has 2 aromatic rings. The van der Waals surface area contributed by atoms with Crippen LogP contribution >= 0.6 is 23.4 Å². The summed E-state index contributed by atoms with van der Waals surface area (Å²) in [5, 5.41) is 1.94. The molecule has 0 bridgehead atoms. The quantitative estimate of drug-likeness (QED) is 0.824. The minimum Gasteiger partial charge on any atom is -0.324 e. The van der Waals surface area contributed by atoms with Crippen molar-refractivity contribution in [2.45, 2.75) is 17.6 Å². The molecule has 1 aromatic heterocycles. The lowest BCUT2D eigenvalue weighted by Gasteiger charge is -2.12. The van der Waals surface area contributed by atoms with E-state index in [4.69, 9.17) is 11.6 Å². The van der Waals surface area contributed by atoms with E-state index in [1.54, 1.807) is 18.2 Å². The number of carbonyl (C=O) groups is 1. The number of benzene rings is 1. The predicted molar refractivity (Wildman–Crippen MR) is 87.6 cm³/mol. The van der Waals surface area contributed by atoms with Crippen molar-refractivity contribution < 1.29 is 18.0 Å². The van der Waals surface area contributed by atoms with Gasteiger partial charge in [-0.2, -0.15) is 13.2 Å². The van der Waals surface area contributed by atoms with Gasteiger partial charge in [0.2, 0.25) is 5.91 Å². The van der Waals surface area contributed by atoms with Crippen LogP contribution in [0.2, 0.25) is 5.02 Å². The molecule has 0 radical (unpaired) electrons. The maximum Gasteiger partial charge on any atom is 0.417 e. The van der Waals surface area contributed by atoms with Crippen molar-refractivity contribution >= 4 is 35.0 Å². The van der Waals surface area contributed by atoms with Crippen molar-refractivity contribution in [3.05, 3.63) is 57.5 Å². The number of rotatable bonds is 4. The maximum absolute atomic E-state index is 12.8. The van der Waals surface area contributed by atoms with Gasteiger partial charge in [0.15, 0.2) is 0 Å². The lowest BCUT2D eigenvalue weighted by molar-refractivity contribution is -0.138. The van der Waals surface area contributed by atoms with Crippen LogP contribution in [0.4, 0.5) is 18.9 Å². The molecule has 1 heterocycles. The second-order valence-corrected chi connectivity index (χ2v) is 6.07. The molecule has 24 heavy (non-hydrogen) atoms. The van der Waals surface area contributed by atoms with E-state index in [1.165, 1.54) is 11.8 Å². The minimum absolute atomic E-state index is 0.484. The molecule has 0 atom stereocenters. The highest BCUT2D eigenvalue weighted by Gasteiger charge is 2.32. The van der Waals surface area contributed by atoms with Crippen molar-refractivity contribution in [1.29, 1.82) is 0 Å². The Bertz CT molecular complexity index is 821. The normalized spacial score (nSPS) is 11.4. The molecular formula is C15H12ClF3N2O2S. The van der Waals surface area contributed by atoms with Gasteiger partial charge in [0.25, 0.3) is 5.56 Å². The fraction of sp³-hybridized carbons (Fsp3) is 0.200. The highest BCUT2D eigenvalue weighted by atomic mass is 35.5. The first-order valence-corrected chi connectivity index (χ1v) is 8.22. The highest BCUT2D eigenvalue weighted by molar-refractivity contribution is 7.98. The van der Waals surface area contributed by atoms with Gasteiger partial charge >= 0.3 is 6.18 Å². The molecule has 0 saturated carbocycles. The number of hydrogen-bond acceptors (Lipinski definition) is 3. The first-order chi connectivity index (χ1) is 11.2. The number of carbonyl (C=O) groups excluding carboxylic acids is 1. The molecular weight excluding hydrogens is 365 g/mol. The SMILES string of the molecule is CSc1cccc(NC(=O)Cn2cc(C(F)(F)F)cc(Cl)c2=O)c1. The van der Waals surface area contributed by atoms with Crippen molar-refractivity contribution in [3.63, 3.8) is 0 Å². The number of pyridine rings is 1. The maximum atomic E-state index is 12.8. The molecule has 0 fully saturated rings. The average molecular weight is 377 g/mol. The number of hydrogen-bond donors (Lipinski definition) is 1. The molecule has 0 unspecified atom stereocenters. The van der Waals surface area contributed by atoms with Gasteiger partial charge in [-0.1, -0.05) is 17.7 Å². The smallest absolute Gasteiger partial charge is 0.324 e. The Morgan fingerprint density at radius 1 is 1.33 bits per heavy atom. The van der Waals surface area contributed by atoms with E-state index in [2.05, 4.69) is 5.32 Å². The molecule has 1 amide bonds. The Labute approximate surface area is 144 Å². The Morgan fingerprint density at radius 3 is 2.67 bits per heavy atom. The first kappa shape index (κ1) is 18.4. The minimum atomic E-state index is -4.66. The molecule has 1 aromatic carbocycles. The number of halogens is 4. The monoisotopic (exact) mass is 376 g/mol. The third kappa shape index (κ3) is 4.55. The van der Waals surface area contributed by atoms with E-state index >= 15 is 0 Å². The Kier molecular flexibility index (Phi) is 5.61. The number of thioether (sulfide) groups is 1. The van der Waals surface area contributed by atoms with Crippen LogP contribution in [0, 0.1) is 0 Å². The molecule has 1 N–H and O–H groups in total. The summed E-state index contributed by atoms with van der Waals surface area (Å²) in [5.74, 6) is -0.634. The van der Waals surface area contributed by atoms with Gasteiger partial charge in [0.1, 0.15) is 11.6 Å². The van der Waals surface area contributed by atoms with E-state index in [-0.39, 0.29) is 0 Å². The number of nitrogens with zero attached hydrogens (tertiary/aromatic N) is 1. The summed E-state index contributed by atoms with van der Waals surface area (Å²) < 4.78 is 38.9. The Morgan fingerprint density at radius 2 is 2.04 bits per heavy atom. The van der Waals surface area contributed by atoms with Crippen LogP contribution in [0.15, 0.2) is 46.2 Å². The van der Waals surface area contributed by atoms with Crippen LogP contribution in [-0.2, 0) is 17.5 Å². The van der Waals surface area contributed by atoms with Gasteiger partial charge in [-0.25, -0.2) is 0 Å². The summed E-state index contributed by atoms with van der Waals surface area (Å²) in [6.07, 6.45) is -2.22. The molecule has 0 spiro atoms. The average Bonchev–Trinajstić information content (AvgIpc) is 2.50. The van der Waals surface area contributed by atoms with Gasteiger partial charge < -0.3 is 9.88 Å². The van der Waals surface area contributed by atoms with Gasteiger partial charge in [-0.3, -0.25) is 9.59 Å². The highest BCUT2D eigenvalue weighted by Crippen LogP contribution is 2.29. The standard InChI is InChI=1S/C15H12ClF3N2O2S/c1-24-11-4-2-3-10(6-11)20-13(22)8-21-7-9(15(17,18)19)5-12(16)14(21)23/h2-7H,8H2,1H3,(H,20,22). The first-order valence-electron chi connectivity index (χ1n) is 6.62. The van der Waals surface area contributed by atoms with E-state index in [0.29, 0.717) is 22.5 Å². The summed E-state index contributed by atoms with van der Waals surface area (Å²) in [6, 6.07) is 7.47. The fourth-order valence-corrected chi connectivity index (χ4v) is 2.61. The van der Waals surface area contributed by atoms with Crippen molar-refractivity contribution in [2.75, 3.05) is 11.6 Å². The van der Waals surface area contributed by atoms with Crippen molar-refractivity contribution in [2.24, 2.45) is 0 Å². The zero-order valence-electron chi connectivity index (χ0n) is 12.4. The van der Waals surface area contributed by atoms with Gasteiger partial charge in [-0.15, -0.1) is 11.8 Å². The zero-order valence-corrected chi connectivity index (χ0v) is 13.9. The van der Waals surface area contributed by atoms with Crippen molar-refractivity contribution in [1.82, 2.24) is 4.57 Å². The summed E-state index contributed by atoms with van der Waals surface area (Å²) in [5.41, 5.74) is -1.47. The van der Waals surface area contributed by atoms with E-state index in [0.717, 1.165) is 4.90 Å². The third-order valence-corrected chi connectivity index (χ3v) is 4.03. The predicted octanol–water partition coefficient (Wildman–Crippen LogP) is 3.88. The lowest BCUT2D eigenvalue weighted by Crippen LogP contribution is -2.29. The molecule has 0 aliphatic heterocycles. The van der Waals surface area contributed by atoms with Crippen LogP contribution in [-0.4, -0.2) is 16.7 Å². The van der Waals surface area contributed by atoms with E-state index in [9.17, 15) is 22.8 Å². The van der Waals surface area contributed by atoms with Crippen LogP contribution in [0.25, 0.3) is 0 Å². The van der Waals surface area contributed by atoms with Crippen LogP contribution < -0.4 is 10.9 Å². The van der Waals surface area contributed by atoms with Crippen molar-refractivity contribution in [3.8, 4) is 0 Å². The molecule has 4 nitrogen and oxygen atoms in total. The molecule has 128 valence electrons. The van der Waals surface area contributed by atoms with E-state index in [1.807, 2.05) is 12.3 Å². The van der Waals surface area contributed by atoms with Crippen LogP contribution in [0.5, 0.6) is 0 Å². The number of alkyl halides is 3. The number of nitrogens with one attached hydrogen (secondary N) is 1. The summed E-state index contributed by atoms with van der Waals surface area (Å²) in [4.78, 5) is 24.7. The molecule has 0 aliphatic carbocycles. The van der Waals surface area contributed by atoms with Crippen LogP contribution in [0.3, 0.4) is 0 Å². The Hall–Kier alpha value is -1.93. The number of amides is 1. The summed E-state index contributed by atoms with van der Waals surface area (Å²) in [6.45, 7) is -0.577. The Balaban J connectivity index is 2.22.